The molecule has 0 aliphatic carbocycles. The molecule has 8 rings (SSSR count). The van der Waals surface area contributed by atoms with E-state index in [9.17, 15) is 14.4 Å². The molecule has 2 aliphatic heterocycles. The van der Waals surface area contributed by atoms with Gasteiger partial charge in [0.1, 0.15) is 23.3 Å². The van der Waals surface area contributed by atoms with Crippen molar-refractivity contribution in [1.82, 2.24) is 35.1 Å². The Bertz CT molecular complexity index is 2420. The molecule has 3 amide bonds. The third kappa shape index (κ3) is 7.13. The molecule has 12 nitrogen and oxygen atoms in total. The molecule has 3 unspecified atom stereocenters. The molecule has 0 saturated carbocycles. The predicted molar refractivity (Wildman–Crippen MR) is 215 cm³/mol. The standard InChI is InChI=1S/C42H47N7O5S/c1-23(2)35(47-40(51)53-6)39(50)48-17-7-10-32(48)38-44-29-16-14-24-19-26(13-15-28(24)36(29)46-38)34-21-27-12-11-25(20-33(27)55-34)30-22-43-37(45-30)31-9-8-18-49(31)41(52)54-42(3,4)5/h11-16,19-23,31-32,35H,7-10,17-18H2,1-6H3,(H,43,45)(H,44,46)(H,47,51). The zero-order valence-corrected chi connectivity index (χ0v) is 32.9. The van der Waals surface area contributed by atoms with Crippen LogP contribution in [0.4, 0.5) is 9.59 Å². The van der Waals surface area contributed by atoms with Crippen molar-refractivity contribution in [2.45, 2.75) is 84.0 Å². The number of nitrogens with one attached hydrogen (secondary N) is 3. The lowest BCUT2D eigenvalue weighted by atomic mass is 10.0. The summed E-state index contributed by atoms with van der Waals surface area (Å²) in [7, 11) is 1.30. The fraction of sp³-hybridized carbons (Fsp3) is 0.405. The fourth-order valence-corrected chi connectivity index (χ4v) is 9.01. The second kappa shape index (κ2) is 14.3. The van der Waals surface area contributed by atoms with Gasteiger partial charge < -0.3 is 29.7 Å². The van der Waals surface area contributed by atoms with Crippen LogP contribution in [0.2, 0.25) is 0 Å². The molecule has 2 fully saturated rings. The van der Waals surface area contributed by atoms with Crippen LogP contribution in [0.15, 0.2) is 60.8 Å². The first kappa shape index (κ1) is 36.5. The lowest BCUT2D eigenvalue weighted by Gasteiger charge is -2.29. The molecule has 286 valence electrons. The van der Waals surface area contributed by atoms with E-state index in [1.807, 2.05) is 51.8 Å². The maximum atomic E-state index is 13.7. The molecule has 2 saturated heterocycles. The summed E-state index contributed by atoms with van der Waals surface area (Å²) >= 11 is 1.75. The third-order valence-electron chi connectivity index (χ3n) is 10.6. The zero-order chi connectivity index (χ0) is 38.6. The van der Waals surface area contributed by atoms with Crippen LogP contribution >= 0.6 is 11.3 Å². The number of thiophene rings is 1. The van der Waals surface area contributed by atoms with Crippen molar-refractivity contribution in [2.24, 2.45) is 5.92 Å². The summed E-state index contributed by atoms with van der Waals surface area (Å²) in [6.07, 6.45) is 4.34. The lowest BCUT2D eigenvalue weighted by Crippen LogP contribution is -2.51. The average molecular weight is 762 g/mol. The first-order valence-corrected chi connectivity index (χ1v) is 19.8. The van der Waals surface area contributed by atoms with Crippen molar-refractivity contribution < 1.29 is 23.9 Å². The maximum Gasteiger partial charge on any atom is 0.410 e. The van der Waals surface area contributed by atoms with Crippen LogP contribution in [0.3, 0.4) is 0 Å². The van der Waals surface area contributed by atoms with Crippen LogP contribution in [0.25, 0.3) is 53.6 Å². The van der Waals surface area contributed by atoms with Crippen LogP contribution in [0.1, 0.15) is 84.0 Å². The van der Waals surface area contributed by atoms with Gasteiger partial charge >= 0.3 is 12.2 Å². The number of hydrogen-bond donors (Lipinski definition) is 3. The van der Waals surface area contributed by atoms with E-state index in [0.717, 1.165) is 76.0 Å². The number of benzene rings is 3. The van der Waals surface area contributed by atoms with Crippen molar-refractivity contribution >= 4 is 61.3 Å². The number of carbonyl (C=O) groups excluding carboxylic acids is 3. The van der Waals surface area contributed by atoms with Gasteiger partial charge in [-0.2, -0.15) is 0 Å². The number of amides is 3. The highest BCUT2D eigenvalue weighted by Crippen LogP contribution is 2.39. The van der Waals surface area contributed by atoms with Gasteiger partial charge in [-0.3, -0.25) is 9.69 Å². The highest BCUT2D eigenvalue weighted by atomic mass is 32.1. The number of methoxy groups -OCH3 is 1. The minimum atomic E-state index is -0.684. The van der Waals surface area contributed by atoms with Gasteiger partial charge in [-0.25, -0.2) is 19.6 Å². The minimum absolute atomic E-state index is 0.101. The number of imidazole rings is 2. The molecule has 0 bridgehead atoms. The molecule has 3 aromatic heterocycles. The van der Waals surface area contributed by atoms with Gasteiger partial charge in [-0.05, 0) is 93.0 Å². The quantitative estimate of drug-likeness (QED) is 0.147. The third-order valence-corrected chi connectivity index (χ3v) is 11.8. The number of hydrogen-bond acceptors (Lipinski definition) is 8. The monoisotopic (exact) mass is 761 g/mol. The van der Waals surface area contributed by atoms with Crippen LogP contribution in [0.5, 0.6) is 0 Å². The van der Waals surface area contributed by atoms with Gasteiger partial charge in [-0.15, -0.1) is 11.3 Å². The lowest BCUT2D eigenvalue weighted by molar-refractivity contribution is -0.135. The Kier molecular flexibility index (Phi) is 9.52. The molecule has 5 heterocycles. The van der Waals surface area contributed by atoms with Crippen molar-refractivity contribution in [2.75, 3.05) is 20.2 Å². The first-order valence-electron chi connectivity index (χ1n) is 19.0. The van der Waals surface area contributed by atoms with Crippen molar-refractivity contribution in [3.05, 3.63) is 72.4 Å². The van der Waals surface area contributed by atoms with Gasteiger partial charge in [0.2, 0.25) is 5.91 Å². The summed E-state index contributed by atoms with van der Waals surface area (Å²) in [5.41, 5.74) is 4.33. The number of alkyl carbamates (subject to hydrolysis) is 1. The van der Waals surface area contributed by atoms with Crippen molar-refractivity contribution in [3.63, 3.8) is 0 Å². The molecule has 3 N–H and O–H groups in total. The molecular formula is C42H47N7O5S. The maximum absolute atomic E-state index is 13.7. The Hall–Kier alpha value is -5.43. The molecule has 13 heteroatoms. The highest BCUT2D eigenvalue weighted by molar-refractivity contribution is 7.22. The number of carbonyl (C=O) groups is 3. The molecule has 0 spiro atoms. The Labute approximate surface area is 323 Å². The summed E-state index contributed by atoms with van der Waals surface area (Å²) in [5, 5.41) is 6.05. The Balaban J connectivity index is 1.02. The summed E-state index contributed by atoms with van der Waals surface area (Å²) in [4.78, 5) is 60.1. The first-order chi connectivity index (χ1) is 26.4. The number of aromatic nitrogens is 4. The van der Waals surface area contributed by atoms with E-state index < -0.39 is 17.7 Å². The number of ether oxygens (including phenoxy) is 2. The summed E-state index contributed by atoms with van der Waals surface area (Å²) < 4.78 is 11.6. The van der Waals surface area contributed by atoms with E-state index >= 15 is 0 Å². The Morgan fingerprint density at radius 1 is 0.891 bits per heavy atom. The highest BCUT2D eigenvalue weighted by Gasteiger charge is 2.38. The molecule has 55 heavy (non-hydrogen) atoms. The van der Waals surface area contributed by atoms with Gasteiger partial charge in [-0.1, -0.05) is 44.2 Å². The summed E-state index contributed by atoms with van der Waals surface area (Å²) in [5.74, 6) is 1.31. The molecular weight excluding hydrogens is 715 g/mol. The average Bonchev–Trinajstić information content (AvgIpc) is 4.00. The van der Waals surface area contributed by atoms with Gasteiger partial charge in [0.05, 0.1) is 42.1 Å². The van der Waals surface area contributed by atoms with Crippen LogP contribution in [-0.2, 0) is 14.3 Å². The number of likely N-dealkylation sites (tertiary alicyclic amines) is 2. The van der Waals surface area contributed by atoms with Crippen LogP contribution in [0, 0.1) is 5.92 Å². The minimum Gasteiger partial charge on any atom is -0.453 e. The Morgan fingerprint density at radius 3 is 2.36 bits per heavy atom. The summed E-state index contributed by atoms with van der Waals surface area (Å²) in [6, 6.07) is 18.3. The SMILES string of the molecule is COC(=O)NC(C(=O)N1CCCC1c1nc2ccc3cc(-c4cc5ccc(-c6cnc(C7CCCN7C(=O)OC(C)(C)C)[nH]6)cc5s4)ccc3c2[nH]1)C(C)C. The topological polar surface area (TPSA) is 146 Å². The van der Waals surface area contributed by atoms with Gasteiger partial charge in [0.25, 0.3) is 0 Å². The smallest absolute Gasteiger partial charge is 0.410 e. The normalized spacial score (nSPS) is 18.2. The van der Waals surface area contributed by atoms with E-state index in [0.29, 0.717) is 13.1 Å². The second-order valence-electron chi connectivity index (χ2n) is 15.9. The number of fused-ring (bicyclic) bond motifs is 4. The van der Waals surface area contributed by atoms with E-state index in [-0.39, 0.29) is 30.0 Å². The molecule has 3 atom stereocenters. The largest absolute Gasteiger partial charge is 0.453 e. The van der Waals surface area contributed by atoms with Crippen molar-refractivity contribution in [3.8, 4) is 21.7 Å². The van der Waals surface area contributed by atoms with Crippen molar-refractivity contribution in [1.29, 1.82) is 0 Å². The molecule has 0 radical (unpaired) electrons. The number of nitrogens with zero attached hydrogens (tertiary/aromatic N) is 4. The van der Waals surface area contributed by atoms with E-state index in [2.05, 4.69) is 63.8 Å². The van der Waals surface area contributed by atoms with Crippen LogP contribution < -0.4 is 5.32 Å². The number of rotatable bonds is 7. The van der Waals surface area contributed by atoms with E-state index in [1.54, 1.807) is 16.2 Å². The number of H-pyrrole nitrogens is 2. The predicted octanol–water partition coefficient (Wildman–Crippen LogP) is 9.10. The van der Waals surface area contributed by atoms with E-state index in [1.165, 1.54) is 22.1 Å². The zero-order valence-electron chi connectivity index (χ0n) is 32.1. The van der Waals surface area contributed by atoms with Gasteiger partial charge in [0.15, 0.2) is 0 Å². The Morgan fingerprint density at radius 2 is 1.62 bits per heavy atom. The van der Waals surface area contributed by atoms with Gasteiger partial charge in [0, 0.05) is 33.6 Å². The fourth-order valence-electron chi connectivity index (χ4n) is 7.92. The molecule has 2 aliphatic rings. The second-order valence-corrected chi connectivity index (χ2v) is 17.0. The molecule has 6 aromatic rings. The van der Waals surface area contributed by atoms with Crippen LogP contribution in [-0.4, -0.2) is 79.7 Å². The molecule has 3 aromatic carbocycles. The number of aromatic amines is 2. The van der Waals surface area contributed by atoms with E-state index in [4.69, 9.17) is 19.4 Å². The summed E-state index contributed by atoms with van der Waals surface area (Å²) in [6.45, 7) is 10.7.